The monoisotopic (exact) mass is 351 g/mol. The maximum Gasteiger partial charge on any atom is -0.00773 e. The molecule has 1 heteroatoms. The first-order valence-electron chi connectivity index (χ1n) is 11.8. The molecule has 2 N–H and O–H groups in total. The van der Waals surface area contributed by atoms with Crippen LogP contribution < -0.4 is 5.73 Å². The fraction of sp³-hybridized carbons (Fsp3) is 0.917. The molecule has 25 heavy (non-hydrogen) atoms. The van der Waals surface area contributed by atoms with Crippen LogP contribution in [0.3, 0.4) is 0 Å². The van der Waals surface area contributed by atoms with Crippen LogP contribution in [0.1, 0.15) is 135 Å². The number of unbranched alkanes of at least 4 members (excludes halogenated alkanes) is 18. The van der Waals surface area contributed by atoms with Gasteiger partial charge >= 0.3 is 0 Å². The fourth-order valence-corrected chi connectivity index (χ4v) is 3.45. The first kappa shape index (κ1) is 24.7. The van der Waals surface area contributed by atoms with Crippen LogP contribution in [0.5, 0.6) is 0 Å². The van der Waals surface area contributed by atoms with Gasteiger partial charge in [-0.2, -0.15) is 0 Å². The summed E-state index contributed by atoms with van der Waals surface area (Å²) in [5.41, 5.74) is 5.51. The summed E-state index contributed by atoms with van der Waals surface area (Å²) in [6.07, 6.45) is 32.8. The zero-order chi connectivity index (χ0) is 18.3. The molecule has 0 spiro atoms. The minimum absolute atomic E-state index is 0.870. The highest BCUT2D eigenvalue weighted by Crippen LogP contribution is 2.13. The number of rotatable bonds is 21. The second-order valence-corrected chi connectivity index (χ2v) is 7.85. The van der Waals surface area contributed by atoms with Gasteiger partial charge in [0, 0.05) is 0 Å². The molecule has 0 amide bonds. The summed E-state index contributed by atoms with van der Waals surface area (Å²) in [4.78, 5) is 0. The second kappa shape index (κ2) is 23.7. The third kappa shape index (κ3) is 23.7. The van der Waals surface area contributed by atoms with Gasteiger partial charge in [-0.3, -0.25) is 0 Å². The maximum absolute atomic E-state index is 5.51. The SMILES string of the molecule is CCCCCCCC/C=C\CCCCCCCCCCCCCCN. The van der Waals surface area contributed by atoms with Gasteiger partial charge in [-0.25, -0.2) is 0 Å². The molecular weight excluding hydrogens is 302 g/mol. The molecule has 0 saturated heterocycles. The van der Waals surface area contributed by atoms with Crippen LogP contribution in [0.2, 0.25) is 0 Å². The quantitative estimate of drug-likeness (QED) is 0.163. The Hall–Kier alpha value is -0.300. The maximum atomic E-state index is 5.51. The third-order valence-electron chi connectivity index (χ3n) is 5.22. The molecule has 0 aromatic carbocycles. The van der Waals surface area contributed by atoms with E-state index in [-0.39, 0.29) is 0 Å². The Balaban J connectivity index is 3.03. The molecule has 0 radical (unpaired) electrons. The molecule has 150 valence electrons. The Labute approximate surface area is 160 Å². The van der Waals surface area contributed by atoms with Crippen LogP contribution in [0, 0.1) is 0 Å². The Bertz CT molecular complexity index is 246. The van der Waals surface area contributed by atoms with Crippen molar-refractivity contribution >= 4 is 0 Å². The molecule has 0 aliphatic rings. The average molecular weight is 352 g/mol. The summed E-state index contributed by atoms with van der Waals surface area (Å²) in [6, 6.07) is 0. The van der Waals surface area contributed by atoms with Crippen molar-refractivity contribution in [3.8, 4) is 0 Å². The molecule has 0 bridgehead atoms. The zero-order valence-electron chi connectivity index (χ0n) is 17.6. The largest absolute Gasteiger partial charge is 0.330 e. The minimum atomic E-state index is 0.870. The van der Waals surface area contributed by atoms with Gasteiger partial charge in [0.15, 0.2) is 0 Å². The molecule has 0 aromatic heterocycles. The van der Waals surface area contributed by atoms with E-state index in [2.05, 4.69) is 19.1 Å². The van der Waals surface area contributed by atoms with E-state index in [1.165, 1.54) is 128 Å². The van der Waals surface area contributed by atoms with E-state index in [1.807, 2.05) is 0 Å². The second-order valence-electron chi connectivity index (χ2n) is 7.85. The molecule has 0 aliphatic carbocycles. The van der Waals surface area contributed by atoms with Crippen LogP contribution in [0.15, 0.2) is 12.2 Å². The van der Waals surface area contributed by atoms with Crippen molar-refractivity contribution < 1.29 is 0 Å². The lowest BCUT2D eigenvalue weighted by Crippen LogP contribution is -1.97. The Kier molecular flexibility index (Phi) is 23.4. The molecular formula is C24H49N. The van der Waals surface area contributed by atoms with E-state index in [1.54, 1.807) is 0 Å². The molecule has 0 saturated carbocycles. The van der Waals surface area contributed by atoms with E-state index in [9.17, 15) is 0 Å². The molecule has 0 rings (SSSR count). The van der Waals surface area contributed by atoms with Crippen molar-refractivity contribution in [1.29, 1.82) is 0 Å². The lowest BCUT2D eigenvalue weighted by Gasteiger charge is -2.02. The highest BCUT2D eigenvalue weighted by atomic mass is 14.5. The van der Waals surface area contributed by atoms with Gasteiger partial charge < -0.3 is 5.73 Å². The number of nitrogens with two attached hydrogens (primary N) is 1. The summed E-state index contributed by atoms with van der Waals surface area (Å²) in [6.45, 7) is 3.16. The van der Waals surface area contributed by atoms with Crippen LogP contribution in [0.4, 0.5) is 0 Å². The predicted octanol–water partition coefficient (Wildman–Crippen LogP) is 8.32. The lowest BCUT2D eigenvalue weighted by molar-refractivity contribution is 0.542. The highest BCUT2D eigenvalue weighted by Gasteiger charge is 1.93. The van der Waals surface area contributed by atoms with E-state index in [0.717, 1.165) is 6.54 Å². The van der Waals surface area contributed by atoms with Crippen molar-refractivity contribution in [2.45, 2.75) is 135 Å². The van der Waals surface area contributed by atoms with Crippen molar-refractivity contribution in [1.82, 2.24) is 0 Å². The van der Waals surface area contributed by atoms with Gasteiger partial charge in [0.1, 0.15) is 0 Å². The van der Waals surface area contributed by atoms with E-state index in [0.29, 0.717) is 0 Å². The first-order chi connectivity index (χ1) is 12.4. The van der Waals surface area contributed by atoms with Crippen LogP contribution in [-0.2, 0) is 0 Å². The standard InChI is InChI=1S/C24H49N/c1-2-3-4-5-6-7-8-9-10-11-12-13-14-15-16-17-18-19-20-21-22-23-24-25/h9-10H,2-8,11-25H2,1H3/b10-9-. The summed E-state index contributed by atoms with van der Waals surface area (Å²) in [5.74, 6) is 0. The van der Waals surface area contributed by atoms with Crippen LogP contribution in [-0.4, -0.2) is 6.54 Å². The van der Waals surface area contributed by atoms with Crippen LogP contribution >= 0.6 is 0 Å². The number of hydrogen-bond acceptors (Lipinski definition) is 1. The Morgan fingerprint density at radius 1 is 0.440 bits per heavy atom. The van der Waals surface area contributed by atoms with Gasteiger partial charge in [-0.05, 0) is 38.6 Å². The summed E-state index contributed by atoms with van der Waals surface area (Å²) < 4.78 is 0. The molecule has 0 heterocycles. The van der Waals surface area contributed by atoms with Gasteiger partial charge in [0.05, 0.1) is 0 Å². The normalized spacial score (nSPS) is 11.6. The zero-order valence-corrected chi connectivity index (χ0v) is 17.6. The number of allylic oxidation sites excluding steroid dienone is 2. The summed E-state index contributed by atoms with van der Waals surface area (Å²) in [7, 11) is 0. The van der Waals surface area contributed by atoms with Crippen molar-refractivity contribution in [2.24, 2.45) is 5.73 Å². The predicted molar refractivity (Wildman–Crippen MR) is 116 cm³/mol. The van der Waals surface area contributed by atoms with E-state index in [4.69, 9.17) is 5.73 Å². The number of hydrogen-bond donors (Lipinski definition) is 1. The molecule has 0 aliphatic heterocycles. The van der Waals surface area contributed by atoms with Gasteiger partial charge in [-0.1, -0.05) is 115 Å². The third-order valence-corrected chi connectivity index (χ3v) is 5.22. The summed E-state index contributed by atoms with van der Waals surface area (Å²) >= 11 is 0. The highest BCUT2D eigenvalue weighted by molar-refractivity contribution is 4.81. The van der Waals surface area contributed by atoms with Gasteiger partial charge in [0.25, 0.3) is 0 Å². The molecule has 0 unspecified atom stereocenters. The Morgan fingerprint density at radius 2 is 0.760 bits per heavy atom. The average Bonchev–Trinajstić information content (AvgIpc) is 2.63. The van der Waals surface area contributed by atoms with Crippen molar-refractivity contribution in [3.63, 3.8) is 0 Å². The summed E-state index contributed by atoms with van der Waals surface area (Å²) in [5, 5.41) is 0. The van der Waals surface area contributed by atoms with Crippen LogP contribution in [0.25, 0.3) is 0 Å². The fourth-order valence-electron chi connectivity index (χ4n) is 3.45. The minimum Gasteiger partial charge on any atom is -0.330 e. The smallest absolute Gasteiger partial charge is 0.00773 e. The van der Waals surface area contributed by atoms with Crippen molar-refractivity contribution in [3.05, 3.63) is 12.2 Å². The van der Waals surface area contributed by atoms with Crippen molar-refractivity contribution in [2.75, 3.05) is 6.54 Å². The molecule has 1 nitrogen and oxygen atoms in total. The molecule has 0 fully saturated rings. The Morgan fingerprint density at radius 3 is 1.12 bits per heavy atom. The topological polar surface area (TPSA) is 26.0 Å². The van der Waals surface area contributed by atoms with Gasteiger partial charge in [0.2, 0.25) is 0 Å². The molecule has 0 aromatic rings. The van der Waals surface area contributed by atoms with Gasteiger partial charge in [-0.15, -0.1) is 0 Å². The lowest BCUT2D eigenvalue weighted by atomic mass is 10.0. The van der Waals surface area contributed by atoms with E-state index < -0.39 is 0 Å². The molecule has 0 atom stereocenters. The van der Waals surface area contributed by atoms with E-state index >= 15 is 0 Å². The first-order valence-corrected chi connectivity index (χ1v) is 11.8.